The zero-order chi connectivity index (χ0) is 9.30. The molecule has 0 amide bonds. The third-order valence-electron chi connectivity index (χ3n) is 1.42. The summed E-state index contributed by atoms with van der Waals surface area (Å²) in [6.45, 7) is 1.27. The minimum absolute atomic E-state index is 0.0278. The van der Waals surface area contributed by atoms with Crippen molar-refractivity contribution in [3.63, 3.8) is 0 Å². The van der Waals surface area contributed by atoms with Gasteiger partial charge in [-0.05, 0) is 9.91 Å². The van der Waals surface area contributed by atoms with Crippen molar-refractivity contribution < 1.29 is 9.72 Å². The smallest absolute Gasteiger partial charge is 0.358 e. The molecule has 12 heavy (non-hydrogen) atoms. The molecule has 1 heterocycles. The van der Waals surface area contributed by atoms with Crippen LogP contribution in [0.1, 0.15) is 17.4 Å². The fourth-order valence-electron chi connectivity index (χ4n) is 0.957. The van der Waals surface area contributed by atoms with E-state index in [9.17, 15) is 14.9 Å². The van der Waals surface area contributed by atoms with E-state index in [4.69, 9.17) is 0 Å². The van der Waals surface area contributed by atoms with E-state index in [2.05, 4.69) is 4.98 Å². The number of nitrogens with zero attached hydrogens (tertiary/aromatic N) is 3. The molecule has 0 saturated heterocycles. The molecule has 0 N–H and O–H groups in total. The zero-order valence-corrected chi connectivity index (χ0v) is 6.64. The number of nitro groups is 1. The van der Waals surface area contributed by atoms with Gasteiger partial charge in [0.15, 0.2) is 11.5 Å². The molecule has 0 unspecified atom stereocenters. The number of hydrogen-bond acceptors (Lipinski definition) is 4. The fourth-order valence-corrected chi connectivity index (χ4v) is 0.957. The lowest BCUT2D eigenvalue weighted by Crippen LogP contribution is -2.04. The maximum Gasteiger partial charge on any atom is 0.392 e. The molecule has 0 aromatic carbocycles. The number of ketones is 1. The SMILES string of the molecule is CC(=O)c1c([N+](=O)[O-])ncn1C. The molecule has 0 atom stereocenters. The van der Waals surface area contributed by atoms with Crippen molar-refractivity contribution in [3.8, 4) is 0 Å². The number of imidazole rings is 1. The zero-order valence-electron chi connectivity index (χ0n) is 6.64. The Morgan fingerprint density at radius 1 is 1.75 bits per heavy atom. The highest BCUT2D eigenvalue weighted by Crippen LogP contribution is 2.14. The van der Waals surface area contributed by atoms with Crippen molar-refractivity contribution in [2.75, 3.05) is 0 Å². The summed E-state index contributed by atoms with van der Waals surface area (Å²) in [6, 6.07) is 0. The number of carbonyl (C=O) groups excluding carboxylic acids is 1. The molecule has 0 saturated carbocycles. The Bertz CT molecular complexity index is 342. The van der Waals surface area contributed by atoms with E-state index >= 15 is 0 Å². The molecule has 0 spiro atoms. The lowest BCUT2D eigenvalue weighted by Gasteiger charge is -1.94. The Morgan fingerprint density at radius 2 is 2.33 bits per heavy atom. The monoisotopic (exact) mass is 169 g/mol. The summed E-state index contributed by atoms with van der Waals surface area (Å²) in [5.41, 5.74) is 0.0278. The quantitative estimate of drug-likeness (QED) is 0.367. The molecule has 0 bridgehead atoms. The first kappa shape index (κ1) is 8.38. The van der Waals surface area contributed by atoms with Crippen LogP contribution in [0.3, 0.4) is 0 Å². The van der Waals surface area contributed by atoms with Gasteiger partial charge in [0, 0.05) is 14.0 Å². The molecule has 1 rings (SSSR count). The van der Waals surface area contributed by atoms with Gasteiger partial charge in [-0.25, -0.2) is 0 Å². The van der Waals surface area contributed by atoms with E-state index in [1.165, 1.54) is 24.9 Å². The summed E-state index contributed by atoms with van der Waals surface area (Å²) in [5, 5.41) is 10.3. The summed E-state index contributed by atoms with van der Waals surface area (Å²) >= 11 is 0. The Labute approximate surface area is 68.0 Å². The van der Waals surface area contributed by atoms with Crippen LogP contribution in [0.4, 0.5) is 5.82 Å². The first-order chi connectivity index (χ1) is 5.54. The molecule has 0 radical (unpaired) electrons. The maximum atomic E-state index is 10.9. The van der Waals surface area contributed by atoms with Crippen molar-refractivity contribution in [2.24, 2.45) is 7.05 Å². The molecular weight excluding hydrogens is 162 g/mol. The topological polar surface area (TPSA) is 78.0 Å². The van der Waals surface area contributed by atoms with Crippen LogP contribution in [0.5, 0.6) is 0 Å². The first-order valence-electron chi connectivity index (χ1n) is 3.20. The molecule has 6 heteroatoms. The molecule has 6 nitrogen and oxygen atoms in total. The van der Waals surface area contributed by atoms with Gasteiger partial charge in [-0.1, -0.05) is 0 Å². The molecule has 1 aromatic heterocycles. The van der Waals surface area contributed by atoms with Gasteiger partial charge in [0.05, 0.1) is 0 Å². The number of Topliss-reactive ketones (excluding diaryl/α,β-unsaturated/α-hetero) is 1. The third-order valence-corrected chi connectivity index (χ3v) is 1.42. The minimum Gasteiger partial charge on any atom is -0.358 e. The second-order valence-corrected chi connectivity index (χ2v) is 2.34. The predicted octanol–water partition coefficient (Wildman–Crippen LogP) is 0.531. The van der Waals surface area contributed by atoms with Crippen LogP contribution in [0, 0.1) is 10.1 Å². The van der Waals surface area contributed by atoms with E-state index in [0.29, 0.717) is 0 Å². The van der Waals surface area contributed by atoms with Crippen molar-refractivity contribution in [1.29, 1.82) is 0 Å². The molecule has 0 aliphatic carbocycles. The van der Waals surface area contributed by atoms with E-state index in [1.807, 2.05) is 0 Å². The van der Waals surface area contributed by atoms with Gasteiger partial charge in [0.25, 0.3) is 0 Å². The summed E-state index contributed by atoms with van der Waals surface area (Å²) < 4.78 is 1.33. The van der Waals surface area contributed by atoms with Crippen LogP contribution < -0.4 is 0 Å². The van der Waals surface area contributed by atoms with Gasteiger partial charge >= 0.3 is 5.82 Å². The lowest BCUT2D eigenvalue weighted by atomic mass is 10.3. The highest BCUT2D eigenvalue weighted by atomic mass is 16.6. The van der Waals surface area contributed by atoms with Gasteiger partial charge < -0.3 is 14.7 Å². The third kappa shape index (κ3) is 1.18. The van der Waals surface area contributed by atoms with Crippen LogP contribution in [-0.2, 0) is 7.05 Å². The fraction of sp³-hybridized carbons (Fsp3) is 0.333. The number of carbonyl (C=O) groups is 1. The Balaban J connectivity index is 3.31. The Morgan fingerprint density at radius 3 is 2.67 bits per heavy atom. The summed E-state index contributed by atoms with van der Waals surface area (Å²) in [6.07, 6.45) is 1.24. The molecule has 64 valence electrons. The largest absolute Gasteiger partial charge is 0.392 e. The van der Waals surface area contributed by atoms with Crippen LogP contribution in [0.2, 0.25) is 0 Å². The highest BCUT2D eigenvalue weighted by molar-refractivity contribution is 5.95. The number of rotatable bonds is 2. The second-order valence-electron chi connectivity index (χ2n) is 2.34. The summed E-state index contributed by atoms with van der Waals surface area (Å²) in [7, 11) is 1.54. The van der Waals surface area contributed by atoms with Crippen LogP contribution in [0.25, 0.3) is 0 Å². The Kier molecular flexibility index (Phi) is 1.90. The molecule has 0 aliphatic heterocycles. The molecule has 0 aliphatic rings. The average molecular weight is 169 g/mol. The van der Waals surface area contributed by atoms with E-state index < -0.39 is 4.92 Å². The first-order valence-corrected chi connectivity index (χ1v) is 3.20. The van der Waals surface area contributed by atoms with Gasteiger partial charge in [-0.3, -0.25) is 4.79 Å². The van der Waals surface area contributed by atoms with Crippen molar-refractivity contribution in [2.45, 2.75) is 6.92 Å². The standard InChI is InChI=1S/C6H7N3O3/c1-4(10)5-6(9(11)12)7-3-8(5)2/h3H,1-2H3. The predicted molar refractivity (Wildman–Crippen MR) is 39.9 cm³/mol. The van der Waals surface area contributed by atoms with Gasteiger partial charge in [0.2, 0.25) is 6.33 Å². The maximum absolute atomic E-state index is 10.9. The second kappa shape index (κ2) is 2.72. The normalized spacial score (nSPS) is 9.83. The van der Waals surface area contributed by atoms with Crippen LogP contribution in [0.15, 0.2) is 6.33 Å². The van der Waals surface area contributed by atoms with Gasteiger partial charge in [-0.2, -0.15) is 0 Å². The number of hydrogen-bond donors (Lipinski definition) is 0. The van der Waals surface area contributed by atoms with Gasteiger partial charge in [0.1, 0.15) is 0 Å². The van der Waals surface area contributed by atoms with Crippen molar-refractivity contribution in [3.05, 3.63) is 22.1 Å². The van der Waals surface area contributed by atoms with Crippen LogP contribution in [-0.4, -0.2) is 20.3 Å². The van der Waals surface area contributed by atoms with Crippen molar-refractivity contribution >= 4 is 11.6 Å². The highest BCUT2D eigenvalue weighted by Gasteiger charge is 2.22. The minimum atomic E-state index is -0.670. The van der Waals surface area contributed by atoms with E-state index in [-0.39, 0.29) is 17.3 Å². The molecular formula is C6H7N3O3. The summed E-state index contributed by atoms with van der Waals surface area (Å²) in [5.74, 6) is -0.744. The summed E-state index contributed by atoms with van der Waals surface area (Å²) in [4.78, 5) is 24.0. The Hall–Kier alpha value is -1.72. The average Bonchev–Trinajstić information content (AvgIpc) is 2.30. The molecule has 1 aromatic rings. The number of aromatic nitrogens is 2. The van der Waals surface area contributed by atoms with E-state index in [1.54, 1.807) is 0 Å². The van der Waals surface area contributed by atoms with Gasteiger partial charge in [-0.15, -0.1) is 0 Å². The van der Waals surface area contributed by atoms with Crippen molar-refractivity contribution in [1.82, 2.24) is 9.55 Å². The van der Waals surface area contributed by atoms with Crippen LogP contribution >= 0.6 is 0 Å². The lowest BCUT2D eigenvalue weighted by molar-refractivity contribution is -0.389. The van der Waals surface area contributed by atoms with E-state index in [0.717, 1.165) is 0 Å². The molecule has 0 fully saturated rings. The number of aryl methyl sites for hydroxylation is 1.